The van der Waals surface area contributed by atoms with Crippen molar-refractivity contribution in [1.29, 1.82) is 0 Å². The molecule has 0 aromatic heterocycles. The Kier molecular flexibility index (Phi) is 5.70. The number of hydrogen-bond acceptors (Lipinski definition) is 4. The van der Waals surface area contributed by atoms with Crippen LogP contribution in [0.1, 0.15) is 31.2 Å². The molecule has 0 bridgehead atoms. The van der Waals surface area contributed by atoms with E-state index < -0.39 is 0 Å². The summed E-state index contributed by atoms with van der Waals surface area (Å²) >= 11 is 0. The van der Waals surface area contributed by atoms with E-state index >= 15 is 0 Å². The minimum Gasteiger partial charge on any atom is -0.491 e. The first kappa shape index (κ1) is 15.8. The van der Waals surface area contributed by atoms with E-state index in [4.69, 9.17) is 9.84 Å². The first-order chi connectivity index (χ1) is 10.8. The summed E-state index contributed by atoms with van der Waals surface area (Å²) in [7, 11) is 0. The van der Waals surface area contributed by atoms with Gasteiger partial charge in [0.2, 0.25) is 0 Å². The van der Waals surface area contributed by atoms with Crippen molar-refractivity contribution in [3.05, 3.63) is 29.8 Å². The number of aliphatic hydroxyl groups excluding tert-OH is 1. The molecule has 1 aliphatic carbocycles. The third kappa shape index (κ3) is 4.70. The second-order valence-corrected chi connectivity index (χ2v) is 6.58. The van der Waals surface area contributed by atoms with Gasteiger partial charge in [0.25, 0.3) is 0 Å². The van der Waals surface area contributed by atoms with E-state index in [9.17, 15) is 0 Å². The maximum Gasteiger partial charge on any atom is 0.123 e. The Hall–Kier alpha value is -1.10. The maximum absolute atomic E-state index is 8.90. The summed E-state index contributed by atoms with van der Waals surface area (Å²) in [6.07, 6.45) is 5.38. The normalized spacial score (nSPS) is 20.2. The summed E-state index contributed by atoms with van der Waals surface area (Å²) in [5, 5.41) is 12.6. The molecule has 2 N–H and O–H groups in total. The van der Waals surface area contributed by atoms with Crippen LogP contribution in [0.5, 0.6) is 5.75 Å². The lowest BCUT2D eigenvalue weighted by Gasteiger charge is -2.32. The highest BCUT2D eigenvalue weighted by molar-refractivity contribution is 5.33. The van der Waals surface area contributed by atoms with Gasteiger partial charge in [-0.15, -0.1) is 0 Å². The van der Waals surface area contributed by atoms with Gasteiger partial charge in [0.15, 0.2) is 0 Å². The average Bonchev–Trinajstić information content (AvgIpc) is 3.37. The van der Waals surface area contributed by atoms with Gasteiger partial charge >= 0.3 is 0 Å². The molecule has 3 rings (SSSR count). The average molecular weight is 304 g/mol. The topological polar surface area (TPSA) is 44.7 Å². The lowest BCUT2D eigenvalue weighted by atomic mass is 10.0. The van der Waals surface area contributed by atoms with Crippen LogP contribution in [0.2, 0.25) is 0 Å². The predicted octanol–water partition coefficient (Wildman–Crippen LogP) is 2.02. The van der Waals surface area contributed by atoms with Crippen LogP contribution in [-0.4, -0.2) is 48.9 Å². The first-order valence-corrected chi connectivity index (χ1v) is 8.62. The van der Waals surface area contributed by atoms with Crippen molar-refractivity contribution in [2.24, 2.45) is 5.92 Å². The van der Waals surface area contributed by atoms with Crippen molar-refractivity contribution in [2.75, 3.05) is 32.8 Å². The molecule has 1 aromatic rings. The summed E-state index contributed by atoms with van der Waals surface area (Å²) in [5.41, 5.74) is 1.18. The van der Waals surface area contributed by atoms with Crippen molar-refractivity contribution in [1.82, 2.24) is 10.2 Å². The van der Waals surface area contributed by atoms with Crippen LogP contribution in [-0.2, 0) is 6.54 Å². The fourth-order valence-corrected chi connectivity index (χ4v) is 3.19. The molecule has 1 saturated carbocycles. The van der Waals surface area contributed by atoms with Crippen LogP contribution in [0.15, 0.2) is 24.3 Å². The molecule has 122 valence electrons. The number of nitrogens with zero attached hydrogens (tertiary/aromatic N) is 1. The van der Waals surface area contributed by atoms with E-state index in [0.29, 0.717) is 12.6 Å². The number of likely N-dealkylation sites (tertiary alicyclic amines) is 1. The molecule has 4 nitrogen and oxygen atoms in total. The summed E-state index contributed by atoms with van der Waals surface area (Å²) in [4.78, 5) is 2.63. The van der Waals surface area contributed by atoms with Crippen molar-refractivity contribution in [3.8, 4) is 5.75 Å². The highest BCUT2D eigenvalue weighted by Crippen LogP contribution is 2.30. The van der Waals surface area contributed by atoms with Gasteiger partial charge in [-0.25, -0.2) is 0 Å². The Morgan fingerprint density at radius 1 is 1.14 bits per heavy atom. The maximum atomic E-state index is 8.90. The molecule has 0 unspecified atom stereocenters. The van der Waals surface area contributed by atoms with Crippen molar-refractivity contribution in [3.63, 3.8) is 0 Å². The molecule has 2 aliphatic rings. The Bertz CT molecular complexity index is 454. The zero-order valence-electron chi connectivity index (χ0n) is 13.3. The van der Waals surface area contributed by atoms with E-state index in [1.807, 2.05) is 18.2 Å². The molecule has 0 radical (unpaired) electrons. The molecule has 1 heterocycles. The van der Waals surface area contributed by atoms with Crippen LogP contribution in [0, 0.1) is 5.92 Å². The smallest absolute Gasteiger partial charge is 0.123 e. The minimum absolute atomic E-state index is 0.0568. The first-order valence-electron chi connectivity index (χ1n) is 8.62. The predicted molar refractivity (Wildman–Crippen MR) is 88.0 cm³/mol. The number of nitrogens with one attached hydrogen (secondary N) is 1. The highest BCUT2D eigenvalue weighted by atomic mass is 16.5. The third-order valence-electron chi connectivity index (χ3n) is 4.70. The lowest BCUT2D eigenvalue weighted by molar-refractivity contribution is 0.188. The van der Waals surface area contributed by atoms with Gasteiger partial charge in [0.1, 0.15) is 12.4 Å². The zero-order valence-corrected chi connectivity index (χ0v) is 13.3. The van der Waals surface area contributed by atoms with E-state index in [1.54, 1.807) is 0 Å². The van der Waals surface area contributed by atoms with Crippen LogP contribution >= 0.6 is 0 Å². The molecular formula is C18H28N2O2. The second-order valence-electron chi connectivity index (χ2n) is 6.58. The number of piperidine rings is 1. The molecule has 1 aliphatic heterocycles. The van der Waals surface area contributed by atoms with E-state index in [-0.39, 0.29) is 6.61 Å². The number of benzene rings is 1. The van der Waals surface area contributed by atoms with Crippen molar-refractivity contribution >= 4 is 0 Å². The molecule has 0 atom stereocenters. The Morgan fingerprint density at radius 3 is 2.64 bits per heavy atom. The van der Waals surface area contributed by atoms with E-state index in [2.05, 4.69) is 16.3 Å². The van der Waals surface area contributed by atoms with Gasteiger partial charge < -0.3 is 20.1 Å². The zero-order chi connectivity index (χ0) is 15.2. The molecule has 0 amide bonds. The van der Waals surface area contributed by atoms with Crippen molar-refractivity contribution in [2.45, 2.75) is 38.3 Å². The summed E-state index contributed by atoms with van der Waals surface area (Å²) in [6.45, 7) is 5.05. The minimum atomic E-state index is 0.0568. The quantitative estimate of drug-likeness (QED) is 0.771. The van der Waals surface area contributed by atoms with E-state index in [1.165, 1.54) is 50.9 Å². The SMILES string of the molecule is OCCOc1ccccc1CNC1CCN(CC2CC2)CC1. The van der Waals surface area contributed by atoms with Crippen LogP contribution < -0.4 is 10.1 Å². The fourth-order valence-electron chi connectivity index (χ4n) is 3.19. The molecule has 2 fully saturated rings. The fraction of sp³-hybridized carbons (Fsp3) is 0.667. The second kappa shape index (κ2) is 7.95. The van der Waals surface area contributed by atoms with Gasteiger partial charge in [0.05, 0.1) is 6.61 Å². The molecule has 22 heavy (non-hydrogen) atoms. The largest absolute Gasteiger partial charge is 0.491 e. The lowest BCUT2D eigenvalue weighted by Crippen LogP contribution is -2.42. The molecule has 0 spiro atoms. The Morgan fingerprint density at radius 2 is 1.91 bits per heavy atom. The number of rotatable bonds is 8. The molecular weight excluding hydrogens is 276 g/mol. The monoisotopic (exact) mass is 304 g/mol. The van der Waals surface area contributed by atoms with Gasteiger partial charge in [-0.2, -0.15) is 0 Å². The van der Waals surface area contributed by atoms with Gasteiger partial charge in [-0.3, -0.25) is 0 Å². The van der Waals surface area contributed by atoms with Crippen LogP contribution in [0.25, 0.3) is 0 Å². The Labute approximate surface area is 133 Å². The third-order valence-corrected chi connectivity index (χ3v) is 4.70. The summed E-state index contributed by atoms with van der Waals surface area (Å²) in [6, 6.07) is 8.71. The van der Waals surface area contributed by atoms with E-state index in [0.717, 1.165) is 18.2 Å². The highest BCUT2D eigenvalue weighted by Gasteiger charge is 2.26. The summed E-state index contributed by atoms with van der Waals surface area (Å²) < 4.78 is 5.60. The van der Waals surface area contributed by atoms with Crippen LogP contribution in [0.3, 0.4) is 0 Å². The Balaban J connectivity index is 1.42. The van der Waals surface area contributed by atoms with Crippen molar-refractivity contribution < 1.29 is 9.84 Å². The number of para-hydroxylation sites is 1. The summed E-state index contributed by atoms with van der Waals surface area (Å²) in [5.74, 6) is 1.88. The van der Waals surface area contributed by atoms with Crippen LogP contribution in [0.4, 0.5) is 0 Å². The number of aliphatic hydroxyl groups is 1. The van der Waals surface area contributed by atoms with Gasteiger partial charge in [0, 0.05) is 24.7 Å². The standard InChI is InChI=1S/C18H28N2O2/c21-11-12-22-18-4-2-1-3-16(18)13-19-17-7-9-20(10-8-17)14-15-5-6-15/h1-4,15,17,19,21H,5-14H2. The van der Waals surface area contributed by atoms with Gasteiger partial charge in [-0.05, 0) is 50.8 Å². The van der Waals surface area contributed by atoms with Gasteiger partial charge in [-0.1, -0.05) is 18.2 Å². The number of ether oxygens (including phenoxy) is 1. The number of hydrogen-bond donors (Lipinski definition) is 2. The molecule has 1 saturated heterocycles. The molecule has 4 heteroatoms. The molecule has 1 aromatic carbocycles.